The largest absolute Gasteiger partial charge is 0.463 e. The van der Waals surface area contributed by atoms with Crippen LogP contribution in [0.3, 0.4) is 0 Å². The van der Waals surface area contributed by atoms with Crippen LogP contribution in [0, 0.1) is 0 Å². The number of fused-ring (bicyclic) bond motifs is 1. The minimum atomic E-state index is -0.288. The maximum absolute atomic E-state index is 12.7. The predicted octanol–water partition coefficient (Wildman–Crippen LogP) is 2.37. The Morgan fingerprint density at radius 1 is 1.07 bits per heavy atom. The highest BCUT2D eigenvalue weighted by atomic mass is 16.7. The molecule has 0 saturated carbocycles. The highest BCUT2D eigenvalue weighted by molar-refractivity contribution is 5.79. The van der Waals surface area contributed by atoms with Crippen LogP contribution in [0.1, 0.15) is 29.9 Å². The summed E-state index contributed by atoms with van der Waals surface area (Å²) in [6, 6.07) is 19.2. The molecule has 3 aromatic rings. The molecule has 3 N–H and O–H groups in total. The number of carbonyl (C=O) groups is 1. The molecule has 6 heteroatoms. The zero-order valence-corrected chi connectivity index (χ0v) is 15.6. The molecule has 144 valence electrons. The van der Waals surface area contributed by atoms with Gasteiger partial charge in [0.25, 0.3) is 5.91 Å². The van der Waals surface area contributed by atoms with Crippen molar-refractivity contribution < 1.29 is 24.0 Å². The van der Waals surface area contributed by atoms with Crippen molar-refractivity contribution in [2.24, 2.45) is 0 Å². The lowest BCUT2D eigenvalue weighted by atomic mass is 10.0. The monoisotopic (exact) mass is 379 g/mol. The molecule has 0 unspecified atom stereocenters. The SMILES string of the molecule is C[C@H]([NH2+][C@@H](c1ccccc1)c1ccco1)C(=O)NCc1ccc2c(c1)OCO2. The number of hydrogen-bond donors (Lipinski definition) is 2. The first-order valence-corrected chi connectivity index (χ1v) is 9.30. The molecule has 1 aliphatic rings. The van der Waals surface area contributed by atoms with Gasteiger partial charge in [0.1, 0.15) is 0 Å². The van der Waals surface area contributed by atoms with Crippen LogP contribution in [0.4, 0.5) is 0 Å². The second-order valence-corrected chi connectivity index (χ2v) is 6.79. The van der Waals surface area contributed by atoms with Gasteiger partial charge < -0.3 is 24.5 Å². The van der Waals surface area contributed by atoms with E-state index in [1.807, 2.05) is 72.9 Å². The summed E-state index contributed by atoms with van der Waals surface area (Å²) in [7, 11) is 0. The van der Waals surface area contributed by atoms with E-state index in [0.29, 0.717) is 12.3 Å². The predicted molar refractivity (Wildman–Crippen MR) is 103 cm³/mol. The van der Waals surface area contributed by atoms with Crippen molar-refractivity contribution in [2.75, 3.05) is 6.79 Å². The Hall–Kier alpha value is -3.25. The molecule has 0 fully saturated rings. The van der Waals surface area contributed by atoms with Crippen LogP contribution in [-0.4, -0.2) is 18.7 Å². The Kier molecular flexibility index (Phi) is 5.30. The van der Waals surface area contributed by atoms with Gasteiger partial charge >= 0.3 is 0 Å². The fourth-order valence-corrected chi connectivity index (χ4v) is 3.28. The number of ether oxygens (including phenoxy) is 2. The number of hydrogen-bond acceptors (Lipinski definition) is 4. The van der Waals surface area contributed by atoms with Gasteiger partial charge in [-0.3, -0.25) is 4.79 Å². The van der Waals surface area contributed by atoms with E-state index in [1.54, 1.807) is 6.26 Å². The van der Waals surface area contributed by atoms with Gasteiger partial charge in [0, 0.05) is 12.1 Å². The standard InChI is InChI=1S/C22H22N2O4/c1-15(22(25)23-13-16-9-10-18-20(12-16)28-14-27-18)24-21(19-8-5-11-26-19)17-6-3-2-4-7-17/h2-12,15,21,24H,13-14H2,1H3,(H,23,25)/p+1/t15-,21-/m0/s1. The quantitative estimate of drug-likeness (QED) is 0.661. The molecule has 0 radical (unpaired) electrons. The van der Waals surface area contributed by atoms with E-state index in [0.717, 1.165) is 22.6 Å². The van der Waals surface area contributed by atoms with Crippen LogP contribution >= 0.6 is 0 Å². The number of rotatable bonds is 7. The number of nitrogens with two attached hydrogens (primary N) is 1. The number of benzene rings is 2. The average Bonchev–Trinajstić information content (AvgIpc) is 3.42. The highest BCUT2D eigenvalue weighted by Gasteiger charge is 2.26. The Morgan fingerprint density at radius 2 is 1.89 bits per heavy atom. The van der Waals surface area contributed by atoms with Crippen molar-refractivity contribution in [3.05, 3.63) is 83.8 Å². The molecule has 1 amide bonds. The maximum Gasteiger partial charge on any atom is 0.278 e. The molecule has 0 saturated heterocycles. The van der Waals surface area contributed by atoms with Gasteiger partial charge in [-0.15, -0.1) is 0 Å². The first kappa shape index (κ1) is 18.1. The molecule has 6 nitrogen and oxygen atoms in total. The first-order valence-electron chi connectivity index (χ1n) is 9.30. The first-order chi connectivity index (χ1) is 13.7. The Morgan fingerprint density at radius 3 is 2.68 bits per heavy atom. The van der Waals surface area contributed by atoms with Crippen LogP contribution in [0.2, 0.25) is 0 Å². The van der Waals surface area contributed by atoms with Crippen molar-refractivity contribution in [2.45, 2.75) is 25.6 Å². The lowest BCUT2D eigenvalue weighted by Crippen LogP contribution is -2.92. The van der Waals surface area contributed by atoms with Gasteiger partial charge in [-0.1, -0.05) is 36.4 Å². The molecule has 0 bridgehead atoms. The normalized spacial score (nSPS) is 14.5. The topological polar surface area (TPSA) is 77.3 Å². The highest BCUT2D eigenvalue weighted by Crippen LogP contribution is 2.32. The van der Waals surface area contributed by atoms with Crippen LogP contribution in [0.15, 0.2) is 71.3 Å². The minimum Gasteiger partial charge on any atom is -0.463 e. The van der Waals surface area contributed by atoms with E-state index in [9.17, 15) is 4.79 Å². The van der Waals surface area contributed by atoms with Gasteiger partial charge in [0.2, 0.25) is 6.79 Å². The lowest BCUT2D eigenvalue weighted by Gasteiger charge is -2.18. The van der Waals surface area contributed by atoms with Crippen LogP contribution in [0.25, 0.3) is 0 Å². The Bertz CT molecular complexity index is 925. The van der Waals surface area contributed by atoms with Crippen molar-refractivity contribution >= 4 is 5.91 Å². The molecular weight excluding hydrogens is 356 g/mol. The minimum absolute atomic E-state index is 0.0369. The van der Waals surface area contributed by atoms with Gasteiger partial charge in [0.15, 0.2) is 29.3 Å². The summed E-state index contributed by atoms with van der Waals surface area (Å²) < 4.78 is 16.3. The number of furan rings is 1. The van der Waals surface area contributed by atoms with Gasteiger partial charge in [-0.05, 0) is 36.8 Å². The van der Waals surface area contributed by atoms with E-state index >= 15 is 0 Å². The van der Waals surface area contributed by atoms with Gasteiger partial charge in [0.05, 0.1) is 6.26 Å². The molecule has 28 heavy (non-hydrogen) atoms. The molecule has 0 aliphatic carbocycles. The molecular formula is C22H23N2O4+. The van der Waals surface area contributed by atoms with Crippen LogP contribution in [0.5, 0.6) is 11.5 Å². The van der Waals surface area contributed by atoms with Crippen molar-refractivity contribution in [1.29, 1.82) is 0 Å². The number of amides is 1. The zero-order chi connectivity index (χ0) is 19.3. The Labute approximate surface area is 163 Å². The third kappa shape index (κ3) is 4.02. The van der Waals surface area contributed by atoms with Crippen molar-refractivity contribution in [3.63, 3.8) is 0 Å². The summed E-state index contributed by atoms with van der Waals surface area (Å²) in [5.41, 5.74) is 2.06. The number of carbonyl (C=O) groups excluding carboxylic acids is 1. The summed E-state index contributed by atoms with van der Waals surface area (Å²) in [5, 5.41) is 5.01. The van der Waals surface area contributed by atoms with Crippen molar-refractivity contribution in [1.82, 2.24) is 5.32 Å². The molecule has 2 atom stereocenters. The molecule has 1 aromatic heterocycles. The number of nitrogens with one attached hydrogen (secondary N) is 1. The van der Waals surface area contributed by atoms with Gasteiger partial charge in [-0.2, -0.15) is 0 Å². The van der Waals surface area contributed by atoms with Crippen LogP contribution < -0.4 is 20.1 Å². The summed E-state index contributed by atoms with van der Waals surface area (Å²) in [6.07, 6.45) is 1.66. The number of quaternary nitrogens is 1. The zero-order valence-electron chi connectivity index (χ0n) is 15.6. The molecule has 4 rings (SSSR count). The average molecular weight is 379 g/mol. The Balaban J connectivity index is 1.40. The summed E-state index contributed by atoms with van der Waals surface area (Å²) in [4.78, 5) is 12.7. The van der Waals surface area contributed by atoms with Crippen molar-refractivity contribution in [3.8, 4) is 11.5 Å². The molecule has 0 spiro atoms. The van der Waals surface area contributed by atoms with E-state index in [2.05, 4.69) is 5.32 Å². The third-order valence-corrected chi connectivity index (χ3v) is 4.81. The third-order valence-electron chi connectivity index (χ3n) is 4.81. The maximum atomic E-state index is 12.7. The van der Waals surface area contributed by atoms with E-state index in [-0.39, 0.29) is 24.8 Å². The van der Waals surface area contributed by atoms with E-state index in [1.165, 1.54) is 0 Å². The second-order valence-electron chi connectivity index (χ2n) is 6.79. The summed E-state index contributed by atoms with van der Waals surface area (Å²) in [5.74, 6) is 2.24. The molecule has 1 aliphatic heterocycles. The molecule has 2 aromatic carbocycles. The smallest absolute Gasteiger partial charge is 0.278 e. The second kappa shape index (κ2) is 8.19. The molecule has 2 heterocycles. The van der Waals surface area contributed by atoms with E-state index in [4.69, 9.17) is 13.9 Å². The van der Waals surface area contributed by atoms with Gasteiger partial charge in [-0.25, -0.2) is 0 Å². The summed E-state index contributed by atoms with van der Waals surface area (Å²) in [6.45, 7) is 2.57. The lowest BCUT2D eigenvalue weighted by molar-refractivity contribution is -0.706. The fraction of sp³-hybridized carbons (Fsp3) is 0.227. The summed E-state index contributed by atoms with van der Waals surface area (Å²) >= 11 is 0. The van der Waals surface area contributed by atoms with E-state index < -0.39 is 0 Å². The fourth-order valence-electron chi connectivity index (χ4n) is 3.28. The van der Waals surface area contributed by atoms with Crippen LogP contribution in [-0.2, 0) is 11.3 Å².